The topological polar surface area (TPSA) is 67.4 Å². The van der Waals surface area contributed by atoms with Gasteiger partial charge in [-0.25, -0.2) is 0 Å². The highest BCUT2D eigenvalue weighted by atomic mass is 16.5. The molecule has 2 aromatic carbocycles. The summed E-state index contributed by atoms with van der Waals surface area (Å²) in [7, 11) is 1.48. The molecule has 2 rings (SSSR count). The fourth-order valence-corrected chi connectivity index (χ4v) is 2.34. The molecule has 0 saturated heterocycles. The molecule has 0 saturated carbocycles. The second kappa shape index (κ2) is 8.84. The molecular weight excluding hydrogens is 304 g/mol. The molecule has 0 aliphatic heterocycles. The first-order valence-electron chi connectivity index (χ1n) is 7.93. The fourth-order valence-electron chi connectivity index (χ4n) is 2.34. The van der Waals surface area contributed by atoms with Crippen LogP contribution >= 0.6 is 0 Å². The summed E-state index contributed by atoms with van der Waals surface area (Å²) < 4.78 is 5.32. The number of anilines is 1. The summed E-state index contributed by atoms with van der Waals surface area (Å²) >= 11 is 0. The number of carbonyl (C=O) groups is 2. The molecule has 0 fully saturated rings. The molecule has 0 bridgehead atoms. The Morgan fingerprint density at radius 2 is 1.71 bits per heavy atom. The van der Waals surface area contributed by atoms with Crippen LogP contribution in [-0.4, -0.2) is 25.5 Å². The number of benzene rings is 2. The van der Waals surface area contributed by atoms with Gasteiger partial charge in [0.05, 0.1) is 11.3 Å². The van der Waals surface area contributed by atoms with E-state index < -0.39 is 6.10 Å². The van der Waals surface area contributed by atoms with Gasteiger partial charge in [0.2, 0.25) is 0 Å². The molecule has 24 heavy (non-hydrogen) atoms. The fraction of sp³-hybridized carbons (Fsp3) is 0.263. The maximum atomic E-state index is 12.6. The molecule has 0 heterocycles. The summed E-state index contributed by atoms with van der Waals surface area (Å²) in [5.41, 5.74) is 1.65. The summed E-state index contributed by atoms with van der Waals surface area (Å²) in [6.07, 6.45) is 0.109. The quantitative estimate of drug-likeness (QED) is 0.821. The molecule has 2 amide bonds. The van der Waals surface area contributed by atoms with Crippen LogP contribution in [0, 0.1) is 0 Å². The lowest BCUT2D eigenvalue weighted by Gasteiger charge is -2.17. The summed E-state index contributed by atoms with van der Waals surface area (Å²) in [6.45, 7) is 2.57. The summed E-state index contributed by atoms with van der Waals surface area (Å²) in [4.78, 5) is 24.8. The highest BCUT2D eigenvalue weighted by Crippen LogP contribution is 2.21. The number of methoxy groups -OCH3 is 1. The first-order valence-corrected chi connectivity index (χ1v) is 7.93. The van der Waals surface area contributed by atoms with E-state index in [2.05, 4.69) is 10.6 Å². The predicted octanol–water partition coefficient (Wildman–Crippen LogP) is 3.15. The Morgan fingerprint density at radius 3 is 2.38 bits per heavy atom. The van der Waals surface area contributed by atoms with Gasteiger partial charge in [0.15, 0.2) is 6.10 Å². The number of rotatable bonds is 7. The summed E-state index contributed by atoms with van der Waals surface area (Å²) in [6, 6.07) is 16.2. The van der Waals surface area contributed by atoms with E-state index in [0.29, 0.717) is 17.8 Å². The van der Waals surface area contributed by atoms with Crippen molar-refractivity contribution in [2.24, 2.45) is 0 Å². The van der Waals surface area contributed by atoms with Gasteiger partial charge >= 0.3 is 0 Å². The smallest absolute Gasteiger partial charge is 0.258 e. The van der Waals surface area contributed by atoms with E-state index in [-0.39, 0.29) is 11.8 Å². The van der Waals surface area contributed by atoms with Crippen LogP contribution < -0.4 is 10.6 Å². The lowest BCUT2D eigenvalue weighted by Crippen LogP contribution is -2.27. The number of amides is 2. The third kappa shape index (κ3) is 4.43. The van der Waals surface area contributed by atoms with Crippen molar-refractivity contribution in [3.8, 4) is 0 Å². The molecular formula is C19H22N2O3. The van der Waals surface area contributed by atoms with Gasteiger partial charge in [0.25, 0.3) is 11.8 Å². The molecule has 5 nitrogen and oxygen atoms in total. The first kappa shape index (κ1) is 17.7. The van der Waals surface area contributed by atoms with Gasteiger partial charge < -0.3 is 15.4 Å². The van der Waals surface area contributed by atoms with Crippen molar-refractivity contribution in [2.75, 3.05) is 19.0 Å². The predicted molar refractivity (Wildman–Crippen MR) is 93.9 cm³/mol. The molecule has 0 radical (unpaired) electrons. The third-order valence-corrected chi connectivity index (χ3v) is 3.54. The average Bonchev–Trinajstić information content (AvgIpc) is 2.61. The van der Waals surface area contributed by atoms with Crippen LogP contribution in [0.15, 0.2) is 54.6 Å². The minimum absolute atomic E-state index is 0.207. The molecule has 126 valence electrons. The van der Waals surface area contributed by atoms with E-state index in [1.54, 1.807) is 24.3 Å². The van der Waals surface area contributed by atoms with Gasteiger partial charge in [0, 0.05) is 13.7 Å². The molecule has 0 aliphatic carbocycles. The van der Waals surface area contributed by atoms with Crippen molar-refractivity contribution in [1.29, 1.82) is 0 Å². The largest absolute Gasteiger partial charge is 0.367 e. The summed E-state index contributed by atoms with van der Waals surface area (Å²) in [5, 5.41) is 5.61. The van der Waals surface area contributed by atoms with E-state index in [4.69, 9.17) is 4.74 Å². The number of hydrogen-bond acceptors (Lipinski definition) is 3. The van der Waals surface area contributed by atoms with Crippen LogP contribution in [0.4, 0.5) is 5.69 Å². The molecule has 0 aliphatic rings. The van der Waals surface area contributed by atoms with Crippen LogP contribution in [0.25, 0.3) is 0 Å². The Kier molecular flexibility index (Phi) is 6.51. The van der Waals surface area contributed by atoms with Gasteiger partial charge in [-0.1, -0.05) is 49.4 Å². The normalized spacial score (nSPS) is 11.6. The lowest BCUT2D eigenvalue weighted by atomic mass is 10.1. The van der Waals surface area contributed by atoms with E-state index in [9.17, 15) is 9.59 Å². The van der Waals surface area contributed by atoms with Crippen molar-refractivity contribution in [2.45, 2.75) is 19.4 Å². The monoisotopic (exact) mass is 326 g/mol. The molecule has 5 heteroatoms. The Hall–Kier alpha value is -2.66. The van der Waals surface area contributed by atoms with Gasteiger partial charge in [-0.05, 0) is 24.1 Å². The highest BCUT2D eigenvalue weighted by Gasteiger charge is 2.21. The van der Waals surface area contributed by atoms with Crippen molar-refractivity contribution >= 4 is 17.5 Å². The molecule has 0 unspecified atom stereocenters. The number of nitrogens with one attached hydrogen (secondary N) is 2. The number of carbonyl (C=O) groups excluding carboxylic acids is 2. The van der Waals surface area contributed by atoms with Crippen LogP contribution in [0.1, 0.15) is 35.4 Å². The maximum Gasteiger partial charge on any atom is 0.258 e. The molecule has 2 aromatic rings. The minimum atomic E-state index is -0.738. The standard InChI is InChI=1S/C19H22N2O3/c1-3-13-20-18(22)15-11-7-8-12-16(15)21-19(23)17(24-2)14-9-5-4-6-10-14/h4-12,17H,3,13H2,1-2H3,(H,20,22)(H,21,23)/t17-/m1/s1. The van der Waals surface area contributed by atoms with Gasteiger partial charge in [-0.3, -0.25) is 9.59 Å². The minimum Gasteiger partial charge on any atom is -0.367 e. The number of para-hydroxylation sites is 1. The Balaban J connectivity index is 2.18. The Morgan fingerprint density at radius 1 is 1.04 bits per heavy atom. The van der Waals surface area contributed by atoms with E-state index in [0.717, 1.165) is 12.0 Å². The van der Waals surface area contributed by atoms with Gasteiger partial charge in [0.1, 0.15) is 0 Å². The number of ether oxygens (including phenoxy) is 1. The van der Waals surface area contributed by atoms with Gasteiger partial charge in [-0.15, -0.1) is 0 Å². The molecule has 2 N–H and O–H groups in total. The maximum absolute atomic E-state index is 12.6. The Bertz CT molecular complexity index is 686. The van der Waals surface area contributed by atoms with Crippen LogP contribution in [0.2, 0.25) is 0 Å². The zero-order valence-corrected chi connectivity index (χ0v) is 13.9. The average molecular weight is 326 g/mol. The van der Waals surface area contributed by atoms with E-state index >= 15 is 0 Å². The second-order valence-electron chi connectivity index (χ2n) is 5.32. The van der Waals surface area contributed by atoms with Crippen molar-refractivity contribution in [3.05, 3.63) is 65.7 Å². The highest BCUT2D eigenvalue weighted by molar-refractivity contribution is 6.04. The SMILES string of the molecule is CCCNC(=O)c1ccccc1NC(=O)[C@H](OC)c1ccccc1. The van der Waals surface area contributed by atoms with E-state index in [1.165, 1.54) is 7.11 Å². The first-order chi connectivity index (χ1) is 11.7. The molecule has 0 aromatic heterocycles. The van der Waals surface area contributed by atoms with Crippen molar-refractivity contribution < 1.29 is 14.3 Å². The molecule has 1 atom stereocenters. The van der Waals surface area contributed by atoms with E-state index in [1.807, 2.05) is 37.3 Å². The van der Waals surface area contributed by atoms with Crippen LogP contribution in [0.3, 0.4) is 0 Å². The zero-order valence-electron chi connectivity index (χ0n) is 13.9. The molecule has 0 spiro atoms. The van der Waals surface area contributed by atoms with Crippen molar-refractivity contribution in [1.82, 2.24) is 5.32 Å². The van der Waals surface area contributed by atoms with Gasteiger partial charge in [-0.2, -0.15) is 0 Å². The third-order valence-electron chi connectivity index (χ3n) is 3.54. The lowest BCUT2D eigenvalue weighted by molar-refractivity contribution is -0.126. The number of hydrogen-bond donors (Lipinski definition) is 2. The summed E-state index contributed by atoms with van der Waals surface area (Å²) in [5.74, 6) is -0.527. The zero-order chi connectivity index (χ0) is 17.4. The van der Waals surface area contributed by atoms with Crippen molar-refractivity contribution in [3.63, 3.8) is 0 Å². The van der Waals surface area contributed by atoms with Crippen LogP contribution in [-0.2, 0) is 9.53 Å². The van der Waals surface area contributed by atoms with Crippen LogP contribution in [0.5, 0.6) is 0 Å². The second-order valence-corrected chi connectivity index (χ2v) is 5.32. The Labute approximate surface area is 142 Å².